The van der Waals surface area contributed by atoms with Crippen molar-refractivity contribution in [1.29, 1.82) is 0 Å². The Morgan fingerprint density at radius 3 is 2.28 bits per heavy atom. The molecule has 0 amide bonds. The van der Waals surface area contributed by atoms with Gasteiger partial charge in [-0.15, -0.1) is 0 Å². The number of nitrogens with zero attached hydrogens (tertiary/aromatic N) is 2. The molecule has 4 heteroatoms. The first-order valence-corrected chi connectivity index (χ1v) is 8.38. The molecular formula is C21H28N2O2. The summed E-state index contributed by atoms with van der Waals surface area (Å²) in [6.45, 7) is 9.78. The van der Waals surface area contributed by atoms with Gasteiger partial charge in [0.1, 0.15) is 0 Å². The Hall–Kier alpha value is -2.62. The Bertz CT molecular complexity index is 714. The van der Waals surface area contributed by atoms with Crippen LogP contribution in [0, 0.1) is 5.92 Å². The topological polar surface area (TPSA) is 65.2 Å². The summed E-state index contributed by atoms with van der Waals surface area (Å²) in [6, 6.07) is 0. The van der Waals surface area contributed by atoms with E-state index in [2.05, 4.69) is 30.2 Å². The van der Waals surface area contributed by atoms with Gasteiger partial charge in [-0.2, -0.15) is 0 Å². The van der Waals surface area contributed by atoms with Gasteiger partial charge in [0.15, 0.2) is 0 Å². The van der Waals surface area contributed by atoms with Crippen LogP contribution in [0.1, 0.15) is 41.0 Å². The Morgan fingerprint density at radius 2 is 1.68 bits per heavy atom. The molecule has 0 radical (unpaired) electrons. The quantitative estimate of drug-likeness (QED) is 0.287. The minimum absolute atomic E-state index is 0.272. The highest BCUT2D eigenvalue weighted by Gasteiger charge is 2.24. The van der Waals surface area contributed by atoms with E-state index in [1.165, 1.54) is 5.57 Å². The van der Waals surface area contributed by atoms with Gasteiger partial charge in [-0.05, 0) is 50.8 Å². The zero-order chi connectivity index (χ0) is 18.8. The van der Waals surface area contributed by atoms with Gasteiger partial charge in [-0.25, -0.2) is 0 Å². The standard InChI is InChI=1S/C21H28N2O2/c1-15(13-20-14-17(3)21(23-25)18(20)4)11-9-7-6-8-10-12-16(2)19(5)22-24/h6-13,17,24-25H,14H2,1-5H3/b7-6+,10-8+,11-9+,15-13+,16-12+,22-19+,23-21-/t17-/m1/s1. The van der Waals surface area contributed by atoms with E-state index in [9.17, 15) is 0 Å². The van der Waals surface area contributed by atoms with Crippen molar-refractivity contribution in [3.05, 3.63) is 70.9 Å². The minimum atomic E-state index is 0.272. The van der Waals surface area contributed by atoms with Crippen LogP contribution in [0.3, 0.4) is 0 Å². The summed E-state index contributed by atoms with van der Waals surface area (Å²) < 4.78 is 0. The lowest BCUT2D eigenvalue weighted by molar-refractivity contribution is 0.316. The molecule has 0 aromatic rings. The van der Waals surface area contributed by atoms with Gasteiger partial charge in [-0.1, -0.05) is 71.4 Å². The first-order valence-electron chi connectivity index (χ1n) is 8.38. The summed E-state index contributed by atoms with van der Waals surface area (Å²) in [5, 5.41) is 24.3. The molecule has 2 N–H and O–H groups in total. The molecule has 0 spiro atoms. The van der Waals surface area contributed by atoms with E-state index in [4.69, 9.17) is 10.4 Å². The Labute approximate surface area is 150 Å². The van der Waals surface area contributed by atoms with Gasteiger partial charge in [0.25, 0.3) is 0 Å². The van der Waals surface area contributed by atoms with E-state index in [1.807, 2.05) is 56.4 Å². The number of rotatable bonds is 6. The van der Waals surface area contributed by atoms with E-state index in [0.717, 1.165) is 28.9 Å². The SMILES string of the molecule is CC1=C(/C=C(C)/C=C/C=C/C=C/C=C(C)/C(C)=N/O)C[C@@H](C)/C1=N/O. The van der Waals surface area contributed by atoms with Crippen LogP contribution in [-0.4, -0.2) is 21.8 Å². The Morgan fingerprint density at radius 1 is 1.04 bits per heavy atom. The van der Waals surface area contributed by atoms with Gasteiger partial charge in [-0.3, -0.25) is 0 Å². The molecule has 0 aromatic carbocycles. The van der Waals surface area contributed by atoms with Crippen LogP contribution in [0.15, 0.2) is 81.2 Å². The maximum atomic E-state index is 9.06. The summed E-state index contributed by atoms with van der Waals surface area (Å²) in [7, 11) is 0. The average Bonchev–Trinajstić information content (AvgIpc) is 2.85. The van der Waals surface area contributed by atoms with Crippen molar-refractivity contribution >= 4 is 11.4 Å². The summed E-state index contributed by atoms with van der Waals surface area (Å²) >= 11 is 0. The molecular weight excluding hydrogens is 312 g/mol. The van der Waals surface area contributed by atoms with E-state index < -0.39 is 0 Å². The Balaban J connectivity index is 2.63. The highest BCUT2D eigenvalue weighted by atomic mass is 16.4. The van der Waals surface area contributed by atoms with Crippen molar-refractivity contribution < 1.29 is 10.4 Å². The second-order valence-electron chi connectivity index (χ2n) is 6.29. The normalized spacial score (nSPS) is 22.5. The van der Waals surface area contributed by atoms with Gasteiger partial charge in [0.05, 0.1) is 11.4 Å². The van der Waals surface area contributed by atoms with Crippen molar-refractivity contribution in [3.8, 4) is 0 Å². The van der Waals surface area contributed by atoms with Gasteiger partial charge in [0.2, 0.25) is 0 Å². The monoisotopic (exact) mass is 340 g/mol. The number of hydrogen-bond acceptors (Lipinski definition) is 4. The van der Waals surface area contributed by atoms with Crippen LogP contribution >= 0.6 is 0 Å². The first kappa shape index (κ1) is 20.4. The third-order valence-electron chi connectivity index (χ3n) is 4.24. The number of hydrogen-bond donors (Lipinski definition) is 2. The fraction of sp³-hybridized carbons (Fsp3) is 0.333. The fourth-order valence-electron chi connectivity index (χ4n) is 2.58. The molecule has 0 aromatic heterocycles. The van der Waals surface area contributed by atoms with Crippen LogP contribution < -0.4 is 0 Å². The molecule has 0 saturated carbocycles. The van der Waals surface area contributed by atoms with Crippen molar-refractivity contribution in [2.75, 3.05) is 0 Å². The van der Waals surface area contributed by atoms with E-state index in [0.29, 0.717) is 5.71 Å². The second-order valence-corrected chi connectivity index (χ2v) is 6.29. The summed E-state index contributed by atoms with van der Waals surface area (Å²) in [5.41, 5.74) is 5.77. The van der Waals surface area contributed by atoms with E-state index in [-0.39, 0.29) is 5.92 Å². The minimum Gasteiger partial charge on any atom is -0.411 e. The molecule has 4 nitrogen and oxygen atoms in total. The van der Waals surface area contributed by atoms with Crippen molar-refractivity contribution in [2.45, 2.75) is 41.0 Å². The van der Waals surface area contributed by atoms with Crippen LogP contribution in [0.25, 0.3) is 0 Å². The highest BCUT2D eigenvalue weighted by molar-refractivity contribution is 6.04. The summed E-state index contributed by atoms with van der Waals surface area (Å²) in [4.78, 5) is 0. The van der Waals surface area contributed by atoms with Crippen LogP contribution in [-0.2, 0) is 0 Å². The molecule has 134 valence electrons. The van der Waals surface area contributed by atoms with Crippen LogP contribution in [0.2, 0.25) is 0 Å². The van der Waals surface area contributed by atoms with Crippen molar-refractivity contribution in [2.24, 2.45) is 16.2 Å². The maximum absolute atomic E-state index is 9.06. The summed E-state index contributed by atoms with van der Waals surface area (Å²) in [6.07, 6.45) is 16.7. The molecule has 0 bridgehead atoms. The molecule has 0 aliphatic heterocycles. The molecule has 1 aliphatic carbocycles. The predicted octanol–water partition coefficient (Wildman–Crippen LogP) is 5.58. The molecule has 1 aliphatic rings. The molecule has 0 fully saturated rings. The van der Waals surface area contributed by atoms with Crippen LogP contribution in [0.4, 0.5) is 0 Å². The number of allylic oxidation sites excluding steroid dienone is 12. The van der Waals surface area contributed by atoms with Gasteiger partial charge in [0, 0.05) is 5.92 Å². The third-order valence-corrected chi connectivity index (χ3v) is 4.24. The molecule has 1 rings (SSSR count). The van der Waals surface area contributed by atoms with E-state index in [1.54, 1.807) is 6.92 Å². The molecule has 0 heterocycles. The third kappa shape index (κ3) is 6.42. The van der Waals surface area contributed by atoms with E-state index >= 15 is 0 Å². The fourth-order valence-corrected chi connectivity index (χ4v) is 2.58. The van der Waals surface area contributed by atoms with Crippen molar-refractivity contribution in [1.82, 2.24) is 0 Å². The maximum Gasteiger partial charge on any atom is 0.0858 e. The lowest BCUT2D eigenvalue weighted by atomic mass is 10.1. The predicted molar refractivity (Wildman–Crippen MR) is 106 cm³/mol. The molecule has 0 unspecified atom stereocenters. The van der Waals surface area contributed by atoms with Crippen molar-refractivity contribution in [3.63, 3.8) is 0 Å². The largest absolute Gasteiger partial charge is 0.411 e. The lowest BCUT2D eigenvalue weighted by Gasteiger charge is -2.00. The first-order chi connectivity index (χ1) is 11.9. The highest BCUT2D eigenvalue weighted by Crippen LogP contribution is 2.30. The molecule has 1 atom stereocenters. The molecule has 25 heavy (non-hydrogen) atoms. The average molecular weight is 340 g/mol. The lowest BCUT2D eigenvalue weighted by Crippen LogP contribution is -2.04. The second kappa shape index (κ2) is 10.3. The van der Waals surface area contributed by atoms with Gasteiger partial charge < -0.3 is 10.4 Å². The zero-order valence-electron chi connectivity index (χ0n) is 15.7. The summed E-state index contributed by atoms with van der Waals surface area (Å²) in [5.74, 6) is 0.272. The zero-order valence-corrected chi connectivity index (χ0v) is 15.7. The molecule has 0 saturated heterocycles. The Kier molecular flexibility index (Phi) is 8.40. The number of oxime groups is 2. The smallest absolute Gasteiger partial charge is 0.0858 e. The van der Waals surface area contributed by atoms with Crippen LogP contribution in [0.5, 0.6) is 0 Å². The van der Waals surface area contributed by atoms with Gasteiger partial charge >= 0.3 is 0 Å².